The van der Waals surface area contributed by atoms with Crippen LogP contribution in [0.5, 0.6) is 0 Å². The number of nitrogens with one attached hydrogen (secondary N) is 2. The second kappa shape index (κ2) is 7.52. The lowest BCUT2D eigenvalue weighted by molar-refractivity contribution is -0.137. The summed E-state index contributed by atoms with van der Waals surface area (Å²) in [5, 5.41) is 15.1. The van der Waals surface area contributed by atoms with Crippen molar-refractivity contribution < 1.29 is 24.2 Å². The molecule has 0 unspecified atom stereocenters. The van der Waals surface area contributed by atoms with Crippen molar-refractivity contribution >= 4 is 45.1 Å². The average molecular weight is 364 g/mol. The highest BCUT2D eigenvalue weighted by Crippen LogP contribution is 2.32. The average Bonchev–Trinajstić information content (AvgIpc) is 2.97. The molecule has 0 fully saturated rings. The first-order valence-electron chi connectivity index (χ1n) is 7.64. The molecule has 7 nitrogen and oxygen atoms in total. The molecule has 134 valence electrons. The van der Waals surface area contributed by atoms with Crippen LogP contribution in [-0.4, -0.2) is 35.7 Å². The Morgan fingerprint density at radius 3 is 2.64 bits per heavy atom. The van der Waals surface area contributed by atoms with Gasteiger partial charge in [-0.1, -0.05) is 12.1 Å². The molecular weight excluding hydrogens is 344 g/mol. The van der Waals surface area contributed by atoms with Gasteiger partial charge in [0.05, 0.1) is 17.5 Å². The largest absolute Gasteiger partial charge is 0.481 e. The quantitative estimate of drug-likeness (QED) is 0.681. The first-order chi connectivity index (χ1) is 11.7. The molecule has 1 heterocycles. The number of rotatable bonds is 6. The Morgan fingerprint density at radius 1 is 1.28 bits per heavy atom. The van der Waals surface area contributed by atoms with E-state index in [0.29, 0.717) is 17.0 Å². The Kier molecular flexibility index (Phi) is 5.63. The molecule has 25 heavy (non-hydrogen) atoms. The molecule has 0 spiro atoms. The Hall–Kier alpha value is -2.61. The van der Waals surface area contributed by atoms with E-state index in [0.717, 1.165) is 10.1 Å². The zero-order valence-corrected chi connectivity index (χ0v) is 15.0. The highest BCUT2D eigenvalue weighted by molar-refractivity contribution is 7.21. The molecule has 2 amide bonds. The van der Waals surface area contributed by atoms with Crippen LogP contribution < -0.4 is 10.6 Å². The van der Waals surface area contributed by atoms with Gasteiger partial charge in [-0.05, 0) is 37.8 Å². The maximum absolute atomic E-state index is 12.3. The van der Waals surface area contributed by atoms with Gasteiger partial charge in [0.15, 0.2) is 0 Å². The van der Waals surface area contributed by atoms with Gasteiger partial charge in [0, 0.05) is 12.0 Å². The zero-order chi connectivity index (χ0) is 18.6. The molecule has 0 saturated carbocycles. The SMILES string of the molecule is COC(=O)c1cc2cccc(NC(=O)NC(C)(C)CCC(=O)O)c2s1. The van der Waals surface area contributed by atoms with Crippen LogP contribution in [0, 0.1) is 0 Å². The lowest BCUT2D eigenvalue weighted by atomic mass is 9.99. The number of hydrogen-bond donors (Lipinski definition) is 3. The summed E-state index contributed by atoms with van der Waals surface area (Å²) in [6.07, 6.45) is 0.279. The van der Waals surface area contributed by atoms with Gasteiger partial charge >= 0.3 is 18.0 Å². The van der Waals surface area contributed by atoms with Crippen molar-refractivity contribution in [2.75, 3.05) is 12.4 Å². The number of thiophene rings is 1. The van der Waals surface area contributed by atoms with Crippen molar-refractivity contribution in [3.63, 3.8) is 0 Å². The van der Waals surface area contributed by atoms with Crippen LogP contribution >= 0.6 is 11.3 Å². The number of amides is 2. The van der Waals surface area contributed by atoms with E-state index < -0.39 is 23.5 Å². The summed E-state index contributed by atoms with van der Waals surface area (Å²) in [5.41, 5.74) is -0.0904. The van der Waals surface area contributed by atoms with Gasteiger partial charge in [0.25, 0.3) is 0 Å². The Labute approximate surface area is 149 Å². The first-order valence-corrected chi connectivity index (χ1v) is 8.45. The second-order valence-electron chi connectivity index (χ2n) is 6.18. The fourth-order valence-electron chi connectivity index (χ4n) is 2.31. The van der Waals surface area contributed by atoms with E-state index in [-0.39, 0.29) is 6.42 Å². The molecule has 2 aromatic rings. The zero-order valence-electron chi connectivity index (χ0n) is 14.2. The number of hydrogen-bond acceptors (Lipinski definition) is 5. The molecular formula is C17H20N2O5S. The molecule has 3 N–H and O–H groups in total. The van der Waals surface area contributed by atoms with Crippen molar-refractivity contribution in [1.82, 2.24) is 5.32 Å². The third-order valence-corrected chi connectivity index (χ3v) is 4.76. The second-order valence-corrected chi connectivity index (χ2v) is 7.24. The summed E-state index contributed by atoms with van der Waals surface area (Å²) in [6, 6.07) is 6.64. The molecule has 0 aliphatic carbocycles. The van der Waals surface area contributed by atoms with Crippen molar-refractivity contribution in [2.24, 2.45) is 0 Å². The number of fused-ring (bicyclic) bond motifs is 1. The van der Waals surface area contributed by atoms with E-state index in [1.807, 2.05) is 6.07 Å². The molecule has 0 atom stereocenters. The minimum absolute atomic E-state index is 0.0315. The number of anilines is 1. The molecule has 0 radical (unpaired) electrons. The standard InChI is InChI=1S/C17H20N2O5S/c1-17(2,8-7-13(20)21)19-16(23)18-11-6-4-5-10-9-12(15(22)24-3)25-14(10)11/h4-6,9H,7-8H2,1-3H3,(H,20,21)(H2,18,19,23). The summed E-state index contributed by atoms with van der Waals surface area (Å²) in [6.45, 7) is 3.52. The predicted octanol–water partition coefficient (Wildman–Crippen LogP) is 3.45. The monoisotopic (exact) mass is 364 g/mol. The lowest BCUT2D eigenvalue weighted by Crippen LogP contribution is -2.45. The molecule has 0 saturated heterocycles. The minimum atomic E-state index is -0.908. The number of aliphatic carboxylic acids is 1. The first kappa shape index (κ1) is 18.7. The topological polar surface area (TPSA) is 105 Å². The summed E-state index contributed by atoms with van der Waals surface area (Å²) in [7, 11) is 1.32. The maximum Gasteiger partial charge on any atom is 0.348 e. The van der Waals surface area contributed by atoms with Crippen molar-refractivity contribution in [2.45, 2.75) is 32.2 Å². The van der Waals surface area contributed by atoms with Crippen LogP contribution in [0.1, 0.15) is 36.4 Å². The van der Waals surface area contributed by atoms with Crippen LogP contribution in [-0.2, 0) is 9.53 Å². The fourth-order valence-corrected chi connectivity index (χ4v) is 3.35. The maximum atomic E-state index is 12.3. The van der Waals surface area contributed by atoms with E-state index in [1.165, 1.54) is 18.4 Å². The van der Waals surface area contributed by atoms with Crippen molar-refractivity contribution in [3.8, 4) is 0 Å². The number of ether oxygens (including phenoxy) is 1. The number of carbonyl (C=O) groups excluding carboxylic acids is 2. The minimum Gasteiger partial charge on any atom is -0.481 e. The Morgan fingerprint density at radius 2 is 2.00 bits per heavy atom. The van der Waals surface area contributed by atoms with E-state index >= 15 is 0 Å². The van der Waals surface area contributed by atoms with Crippen LogP contribution in [0.15, 0.2) is 24.3 Å². The third-order valence-electron chi connectivity index (χ3n) is 3.59. The van der Waals surface area contributed by atoms with Gasteiger partial charge in [-0.25, -0.2) is 9.59 Å². The number of carboxylic acids is 1. The predicted molar refractivity (Wildman–Crippen MR) is 96.3 cm³/mol. The van der Waals surface area contributed by atoms with Gasteiger partial charge in [0.2, 0.25) is 0 Å². The van der Waals surface area contributed by atoms with Gasteiger partial charge in [-0.2, -0.15) is 0 Å². The molecule has 1 aromatic heterocycles. The van der Waals surface area contributed by atoms with E-state index in [4.69, 9.17) is 9.84 Å². The molecule has 0 aliphatic rings. The van der Waals surface area contributed by atoms with Crippen LogP contribution in [0.3, 0.4) is 0 Å². The van der Waals surface area contributed by atoms with Crippen molar-refractivity contribution in [3.05, 3.63) is 29.1 Å². The van der Waals surface area contributed by atoms with Crippen molar-refractivity contribution in [1.29, 1.82) is 0 Å². The number of methoxy groups -OCH3 is 1. The smallest absolute Gasteiger partial charge is 0.348 e. The van der Waals surface area contributed by atoms with E-state index in [9.17, 15) is 14.4 Å². The summed E-state index contributed by atoms with van der Waals surface area (Å²) in [4.78, 5) is 35.1. The van der Waals surface area contributed by atoms with Crippen LogP contribution in [0.25, 0.3) is 10.1 Å². The summed E-state index contributed by atoms with van der Waals surface area (Å²) < 4.78 is 5.49. The number of esters is 1. The molecule has 0 aliphatic heterocycles. The highest BCUT2D eigenvalue weighted by Gasteiger charge is 2.22. The molecule has 1 aromatic carbocycles. The van der Waals surface area contributed by atoms with Gasteiger partial charge in [0.1, 0.15) is 4.88 Å². The normalized spacial score (nSPS) is 11.2. The summed E-state index contributed by atoms with van der Waals surface area (Å²) in [5.74, 6) is -1.33. The van der Waals surface area contributed by atoms with Gasteiger partial charge in [-0.15, -0.1) is 11.3 Å². The summed E-state index contributed by atoms with van der Waals surface area (Å²) >= 11 is 1.24. The Balaban J connectivity index is 2.14. The lowest BCUT2D eigenvalue weighted by Gasteiger charge is -2.25. The fraction of sp³-hybridized carbons (Fsp3) is 0.353. The number of benzene rings is 1. The van der Waals surface area contributed by atoms with Crippen LogP contribution in [0.2, 0.25) is 0 Å². The molecule has 0 bridgehead atoms. The van der Waals surface area contributed by atoms with E-state index in [1.54, 1.807) is 32.0 Å². The third kappa shape index (κ3) is 4.93. The Bertz CT molecular complexity index is 812. The van der Waals surface area contributed by atoms with Gasteiger partial charge in [-0.3, -0.25) is 4.79 Å². The number of urea groups is 1. The number of carbonyl (C=O) groups is 3. The van der Waals surface area contributed by atoms with Crippen LogP contribution in [0.4, 0.5) is 10.5 Å². The highest BCUT2D eigenvalue weighted by atomic mass is 32.1. The molecule has 8 heteroatoms. The number of carboxylic acid groups (broad SMARTS) is 1. The van der Waals surface area contributed by atoms with E-state index in [2.05, 4.69) is 10.6 Å². The van der Waals surface area contributed by atoms with Gasteiger partial charge < -0.3 is 20.5 Å². The molecule has 2 rings (SSSR count).